The zero-order chi connectivity index (χ0) is 14.0. The van der Waals surface area contributed by atoms with Gasteiger partial charge in [-0.1, -0.05) is 33.2 Å². The molecule has 1 heterocycles. The number of oxime groups is 1. The molecule has 1 aliphatic heterocycles. The molecule has 0 bridgehead atoms. The Kier molecular flexibility index (Phi) is 4.26. The first kappa shape index (κ1) is 14.5. The summed E-state index contributed by atoms with van der Waals surface area (Å²) in [5, 5.41) is 4.10. The first-order valence-corrected chi connectivity index (χ1v) is 7.08. The minimum atomic E-state index is -0.367. The SMILES string of the molecule is CC(C)(C)O[C@H]1C[C@H](Br)C(c2ccc(F)cc2)=NO1. The van der Waals surface area contributed by atoms with Gasteiger partial charge < -0.3 is 9.57 Å². The molecular weight excluding hydrogens is 313 g/mol. The van der Waals surface area contributed by atoms with Gasteiger partial charge in [0, 0.05) is 12.0 Å². The van der Waals surface area contributed by atoms with Crippen LogP contribution in [-0.2, 0) is 9.57 Å². The van der Waals surface area contributed by atoms with E-state index in [1.807, 2.05) is 20.8 Å². The maximum absolute atomic E-state index is 12.9. The summed E-state index contributed by atoms with van der Waals surface area (Å²) in [5.41, 5.74) is 1.33. The van der Waals surface area contributed by atoms with Crippen LogP contribution in [0.5, 0.6) is 0 Å². The summed E-state index contributed by atoms with van der Waals surface area (Å²) in [6, 6.07) is 6.21. The summed E-state index contributed by atoms with van der Waals surface area (Å²) in [4.78, 5) is 5.39. The summed E-state index contributed by atoms with van der Waals surface area (Å²) in [5.74, 6) is -0.263. The largest absolute Gasteiger partial charge is 0.363 e. The zero-order valence-corrected chi connectivity index (χ0v) is 12.8. The molecule has 104 valence electrons. The Morgan fingerprint density at radius 3 is 2.47 bits per heavy atom. The lowest BCUT2D eigenvalue weighted by Gasteiger charge is -2.30. The molecule has 0 saturated heterocycles. The summed E-state index contributed by atoms with van der Waals surface area (Å²) in [6.45, 7) is 5.91. The minimum Gasteiger partial charge on any atom is -0.363 e. The normalized spacial score (nSPS) is 23.7. The van der Waals surface area contributed by atoms with Crippen LogP contribution in [0, 0.1) is 5.82 Å². The lowest BCUT2D eigenvalue weighted by Crippen LogP contribution is -2.35. The molecule has 0 radical (unpaired) electrons. The van der Waals surface area contributed by atoms with Gasteiger partial charge in [0.05, 0.1) is 10.4 Å². The van der Waals surface area contributed by atoms with Crippen LogP contribution in [0.4, 0.5) is 4.39 Å². The molecule has 5 heteroatoms. The van der Waals surface area contributed by atoms with E-state index in [2.05, 4.69) is 21.1 Å². The maximum Gasteiger partial charge on any atom is 0.228 e. The number of alkyl halides is 1. The van der Waals surface area contributed by atoms with E-state index in [4.69, 9.17) is 9.57 Å². The summed E-state index contributed by atoms with van der Waals surface area (Å²) in [6.07, 6.45) is 0.293. The highest BCUT2D eigenvalue weighted by Crippen LogP contribution is 2.26. The first-order chi connectivity index (χ1) is 8.85. The van der Waals surface area contributed by atoms with Crippen LogP contribution in [0.1, 0.15) is 32.8 Å². The van der Waals surface area contributed by atoms with Gasteiger partial charge in [-0.3, -0.25) is 0 Å². The van der Waals surface area contributed by atoms with Gasteiger partial charge in [-0.25, -0.2) is 4.39 Å². The molecule has 0 N–H and O–H groups in total. The van der Waals surface area contributed by atoms with E-state index in [-0.39, 0.29) is 22.5 Å². The third-order valence-corrected chi connectivity index (χ3v) is 3.40. The molecule has 0 amide bonds. The molecule has 19 heavy (non-hydrogen) atoms. The number of ether oxygens (including phenoxy) is 1. The second kappa shape index (κ2) is 5.59. The third kappa shape index (κ3) is 4.01. The van der Waals surface area contributed by atoms with Crippen molar-refractivity contribution >= 4 is 21.6 Å². The Balaban J connectivity index is 2.10. The molecular formula is C14H17BrFNO2. The van der Waals surface area contributed by atoms with Gasteiger partial charge >= 0.3 is 0 Å². The molecule has 0 unspecified atom stereocenters. The second-order valence-electron chi connectivity index (χ2n) is 5.45. The highest BCUT2D eigenvalue weighted by molar-refractivity contribution is 9.10. The van der Waals surface area contributed by atoms with E-state index in [1.165, 1.54) is 12.1 Å². The molecule has 2 rings (SSSR count). The molecule has 0 spiro atoms. The van der Waals surface area contributed by atoms with Gasteiger partial charge in [0.15, 0.2) is 0 Å². The van der Waals surface area contributed by atoms with Crippen LogP contribution in [0.2, 0.25) is 0 Å². The lowest BCUT2D eigenvalue weighted by molar-refractivity contribution is -0.200. The fourth-order valence-corrected chi connectivity index (χ4v) is 2.47. The fourth-order valence-electron chi connectivity index (χ4n) is 1.81. The van der Waals surface area contributed by atoms with Gasteiger partial charge in [0.1, 0.15) is 11.5 Å². The number of nitrogens with zero attached hydrogens (tertiary/aromatic N) is 1. The predicted molar refractivity (Wildman–Crippen MR) is 76.0 cm³/mol. The average Bonchev–Trinajstić information content (AvgIpc) is 2.29. The molecule has 0 fully saturated rings. The topological polar surface area (TPSA) is 30.8 Å². The Morgan fingerprint density at radius 1 is 1.32 bits per heavy atom. The Bertz CT molecular complexity index is 467. The smallest absolute Gasteiger partial charge is 0.228 e. The number of hydrogen-bond acceptors (Lipinski definition) is 3. The van der Waals surface area contributed by atoms with Crippen molar-refractivity contribution in [3.05, 3.63) is 35.6 Å². The molecule has 1 aromatic carbocycles. The lowest BCUT2D eigenvalue weighted by atomic mass is 10.0. The minimum absolute atomic E-state index is 0.0269. The van der Waals surface area contributed by atoms with Gasteiger partial charge in [-0.05, 0) is 32.9 Å². The zero-order valence-electron chi connectivity index (χ0n) is 11.2. The van der Waals surface area contributed by atoms with Crippen LogP contribution in [0.25, 0.3) is 0 Å². The molecule has 2 atom stereocenters. The van der Waals surface area contributed by atoms with E-state index in [0.29, 0.717) is 6.42 Å². The molecule has 1 aliphatic rings. The summed E-state index contributed by atoms with van der Waals surface area (Å²) >= 11 is 3.57. The van der Waals surface area contributed by atoms with Crippen LogP contribution >= 0.6 is 15.9 Å². The average molecular weight is 330 g/mol. The quantitative estimate of drug-likeness (QED) is 0.771. The van der Waals surface area contributed by atoms with Gasteiger partial charge in [-0.15, -0.1) is 0 Å². The van der Waals surface area contributed by atoms with E-state index in [0.717, 1.165) is 11.3 Å². The molecule has 0 aliphatic carbocycles. The Hall–Kier alpha value is -0.940. The van der Waals surface area contributed by atoms with Crippen molar-refractivity contribution in [2.24, 2.45) is 5.16 Å². The molecule has 0 saturated carbocycles. The molecule has 3 nitrogen and oxygen atoms in total. The van der Waals surface area contributed by atoms with Crippen molar-refractivity contribution in [1.29, 1.82) is 0 Å². The van der Waals surface area contributed by atoms with Gasteiger partial charge in [0.25, 0.3) is 0 Å². The number of benzene rings is 1. The van der Waals surface area contributed by atoms with Gasteiger partial charge in [-0.2, -0.15) is 0 Å². The van der Waals surface area contributed by atoms with E-state index in [1.54, 1.807) is 12.1 Å². The highest BCUT2D eigenvalue weighted by Gasteiger charge is 2.30. The predicted octanol–water partition coefficient (Wildman–Crippen LogP) is 3.85. The van der Waals surface area contributed by atoms with Crippen molar-refractivity contribution in [2.45, 2.75) is 43.9 Å². The monoisotopic (exact) mass is 329 g/mol. The van der Waals surface area contributed by atoms with Crippen LogP contribution in [0.3, 0.4) is 0 Å². The first-order valence-electron chi connectivity index (χ1n) is 6.17. The van der Waals surface area contributed by atoms with Crippen molar-refractivity contribution < 1.29 is 14.0 Å². The van der Waals surface area contributed by atoms with Crippen molar-refractivity contribution in [3.63, 3.8) is 0 Å². The highest BCUT2D eigenvalue weighted by atomic mass is 79.9. The second-order valence-corrected chi connectivity index (χ2v) is 6.56. The number of rotatable bonds is 2. The van der Waals surface area contributed by atoms with Crippen LogP contribution < -0.4 is 0 Å². The number of hydrogen-bond donors (Lipinski definition) is 0. The van der Waals surface area contributed by atoms with E-state index < -0.39 is 0 Å². The van der Waals surface area contributed by atoms with Crippen molar-refractivity contribution in [2.75, 3.05) is 0 Å². The Morgan fingerprint density at radius 2 is 1.95 bits per heavy atom. The Labute approximate surface area is 120 Å². The maximum atomic E-state index is 12.9. The van der Waals surface area contributed by atoms with Crippen molar-refractivity contribution in [3.8, 4) is 0 Å². The summed E-state index contributed by atoms with van der Waals surface area (Å²) < 4.78 is 18.6. The van der Waals surface area contributed by atoms with E-state index >= 15 is 0 Å². The van der Waals surface area contributed by atoms with E-state index in [9.17, 15) is 4.39 Å². The standard InChI is InChI=1S/C14H17BrFNO2/c1-14(2,3)18-12-8-11(15)13(17-19-12)9-4-6-10(16)7-5-9/h4-7,11-12H,8H2,1-3H3/t11-,12+/m0/s1. The molecule has 1 aromatic rings. The van der Waals surface area contributed by atoms with Crippen LogP contribution in [-0.4, -0.2) is 22.4 Å². The van der Waals surface area contributed by atoms with Crippen LogP contribution in [0.15, 0.2) is 29.4 Å². The van der Waals surface area contributed by atoms with Gasteiger partial charge in [0.2, 0.25) is 6.29 Å². The fraction of sp³-hybridized carbons (Fsp3) is 0.500. The summed E-state index contributed by atoms with van der Waals surface area (Å²) in [7, 11) is 0. The number of halogens is 2. The van der Waals surface area contributed by atoms with Crippen molar-refractivity contribution in [1.82, 2.24) is 0 Å². The third-order valence-electron chi connectivity index (χ3n) is 2.59. The molecule has 0 aromatic heterocycles.